The highest BCUT2D eigenvalue weighted by Crippen LogP contribution is 2.25. The number of phenolic OH excluding ortho intramolecular Hbond substituents is 2. The smallest absolute Gasteiger partial charge is 0.271 e. The molecule has 5 nitrogen and oxygen atoms in total. The first kappa shape index (κ1) is 18.3. The molecule has 0 aliphatic carbocycles. The molecule has 142 valence electrons. The van der Waals surface area contributed by atoms with Crippen molar-refractivity contribution in [1.82, 2.24) is 5.43 Å². The van der Waals surface area contributed by atoms with Gasteiger partial charge in [0, 0.05) is 22.8 Å². The quantitative estimate of drug-likeness (QED) is 0.361. The second-order valence-corrected chi connectivity index (χ2v) is 6.53. The van der Waals surface area contributed by atoms with Crippen molar-refractivity contribution in [3.63, 3.8) is 0 Å². The van der Waals surface area contributed by atoms with E-state index >= 15 is 0 Å². The highest BCUT2D eigenvalue weighted by atomic mass is 16.3. The third kappa shape index (κ3) is 3.94. The van der Waals surface area contributed by atoms with Gasteiger partial charge in [-0.1, -0.05) is 60.7 Å². The van der Waals surface area contributed by atoms with Crippen molar-refractivity contribution in [3.8, 4) is 11.5 Å². The van der Waals surface area contributed by atoms with Crippen LogP contribution in [0.4, 0.5) is 0 Å². The molecule has 0 aromatic heterocycles. The molecule has 4 aromatic carbocycles. The average molecular weight is 382 g/mol. The summed E-state index contributed by atoms with van der Waals surface area (Å²) in [5.74, 6) is -0.547. The first-order valence-corrected chi connectivity index (χ1v) is 9.06. The Hall–Kier alpha value is -4.12. The maximum Gasteiger partial charge on any atom is 0.271 e. The van der Waals surface area contributed by atoms with Crippen LogP contribution in [0.15, 0.2) is 96.1 Å². The van der Waals surface area contributed by atoms with Gasteiger partial charge in [0.1, 0.15) is 17.2 Å². The van der Waals surface area contributed by atoms with Crippen LogP contribution in [0, 0.1) is 0 Å². The van der Waals surface area contributed by atoms with Crippen molar-refractivity contribution in [3.05, 3.63) is 108 Å². The van der Waals surface area contributed by atoms with Gasteiger partial charge in [-0.05, 0) is 35.0 Å². The first-order chi connectivity index (χ1) is 14.1. The average Bonchev–Trinajstić information content (AvgIpc) is 2.75. The third-order valence-corrected chi connectivity index (χ3v) is 4.56. The van der Waals surface area contributed by atoms with E-state index in [2.05, 4.69) is 10.5 Å². The summed E-state index contributed by atoms with van der Waals surface area (Å²) >= 11 is 0. The summed E-state index contributed by atoms with van der Waals surface area (Å²) in [7, 11) is 0. The molecule has 4 rings (SSSR count). The molecule has 0 unspecified atom stereocenters. The maximum absolute atomic E-state index is 12.7. The lowest BCUT2D eigenvalue weighted by molar-refractivity contribution is 0.0955. The summed E-state index contributed by atoms with van der Waals surface area (Å²) in [6, 6.07) is 26.7. The number of hydrazone groups is 1. The number of nitrogens with zero attached hydrogens (tertiary/aromatic N) is 1. The Kier molecular flexibility index (Phi) is 4.95. The molecule has 0 saturated carbocycles. The van der Waals surface area contributed by atoms with Gasteiger partial charge in [0.25, 0.3) is 5.91 Å². The van der Waals surface area contributed by atoms with E-state index in [1.807, 2.05) is 60.7 Å². The zero-order valence-electron chi connectivity index (χ0n) is 15.4. The van der Waals surface area contributed by atoms with Gasteiger partial charge in [0.2, 0.25) is 0 Å². The first-order valence-electron chi connectivity index (χ1n) is 9.06. The highest BCUT2D eigenvalue weighted by molar-refractivity contribution is 6.15. The van der Waals surface area contributed by atoms with Crippen LogP contribution in [0.25, 0.3) is 10.8 Å². The third-order valence-electron chi connectivity index (χ3n) is 4.56. The minimum Gasteiger partial charge on any atom is -0.508 e. The van der Waals surface area contributed by atoms with Crippen molar-refractivity contribution in [2.24, 2.45) is 5.10 Å². The molecule has 0 spiro atoms. The summed E-state index contributed by atoms with van der Waals surface area (Å²) in [5, 5.41) is 26.1. The van der Waals surface area contributed by atoms with E-state index in [9.17, 15) is 15.0 Å². The van der Waals surface area contributed by atoms with Crippen LogP contribution in [0.3, 0.4) is 0 Å². The Labute approximate surface area is 167 Å². The molecule has 0 radical (unpaired) electrons. The minimum absolute atomic E-state index is 0.0566. The number of rotatable bonds is 4. The molecule has 0 aliphatic rings. The summed E-state index contributed by atoms with van der Waals surface area (Å²) in [5.41, 5.74) is 4.56. The van der Waals surface area contributed by atoms with Crippen LogP contribution in [-0.2, 0) is 0 Å². The highest BCUT2D eigenvalue weighted by Gasteiger charge is 2.14. The van der Waals surface area contributed by atoms with Gasteiger partial charge >= 0.3 is 0 Å². The number of benzene rings is 4. The molecule has 3 N–H and O–H groups in total. The standard InChI is InChI=1S/C24H18N2O3/c27-20-12-13-21(22(28)15-20)23(17-7-2-1-3-8-17)25-26-24(29)19-11-10-16-6-4-5-9-18(16)14-19/h1-15,27-28H,(H,26,29)/b25-23-. The number of amides is 1. The fourth-order valence-electron chi connectivity index (χ4n) is 3.10. The molecular weight excluding hydrogens is 364 g/mol. The largest absolute Gasteiger partial charge is 0.508 e. The van der Waals surface area contributed by atoms with E-state index in [4.69, 9.17) is 0 Å². The number of nitrogens with one attached hydrogen (secondary N) is 1. The van der Waals surface area contributed by atoms with Gasteiger partial charge < -0.3 is 10.2 Å². The molecule has 5 heteroatoms. The van der Waals surface area contributed by atoms with Crippen LogP contribution < -0.4 is 5.43 Å². The van der Waals surface area contributed by atoms with Crippen molar-refractivity contribution in [2.75, 3.05) is 0 Å². The summed E-state index contributed by atoms with van der Waals surface area (Å²) in [6.45, 7) is 0. The molecule has 29 heavy (non-hydrogen) atoms. The predicted molar refractivity (Wildman–Crippen MR) is 113 cm³/mol. The fraction of sp³-hybridized carbons (Fsp3) is 0. The predicted octanol–water partition coefficient (Wildman–Crippen LogP) is 4.43. The van der Waals surface area contributed by atoms with Gasteiger partial charge in [-0.2, -0.15) is 5.10 Å². The number of fused-ring (bicyclic) bond motifs is 1. The topological polar surface area (TPSA) is 81.9 Å². The normalized spacial score (nSPS) is 11.4. The van der Waals surface area contributed by atoms with Crippen LogP contribution in [0.5, 0.6) is 11.5 Å². The Morgan fingerprint density at radius 2 is 1.45 bits per heavy atom. The zero-order valence-corrected chi connectivity index (χ0v) is 15.4. The van der Waals surface area contributed by atoms with Crippen molar-refractivity contribution in [2.45, 2.75) is 0 Å². The molecule has 0 saturated heterocycles. The Bertz CT molecular complexity index is 1220. The Balaban J connectivity index is 1.69. The van der Waals surface area contributed by atoms with Crippen LogP contribution >= 0.6 is 0 Å². The monoisotopic (exact) mass is 382 g/mol. The lowest BCUT2D eigenvalue weighted by atomic mass is 10.0. The Morgan fingerprint density at radius 1 is 0.724 bits per heavy atom. The lowest BCUT2D eigenvalue weighted by Gasteiger charge is -2.10. The van der Waals surface area contributed by atoms with Crippen LogP contribution in [-0.4, -0.2) is 21.8 Å². The fourth-order valence-corrected chi connectivity index (χ4v) is 3.10. The number of hydrogen-bond acceptors (Lipinski definition) is 4. The second-order valence-electron chi connectivity index (χ2n) is 6.53. The van der Waals surface area contributed by atoms with Crippen molar-refractivity contribution < 1.29 is 15.0 Å². The van der Waals surface area contributed by atoms with E-state index in [1.165, 1.54) is 12.1 Å². The van der Waals surface area contributed by atoms with Gasteiger partial charge in [-0.3, -0.25) is 4.79 Å². The minimum atomic E-state index is -0.359. The van der Waals surface area contributed by atoms with E-state index in [0.29, 0.717) is 22.4 Å². The zero-order chi connectivity index (χ0) is 20.2. The van der Waals surface area contributed by atoms with Gasteiger partial charge in [0.15, 0.2) is 0 Å². The summed E-state index contributed by atoms with van der Waals surface area (Å²) < 4.78 is 0. The maximum atomic E-state index is 12.7. The van der Waals surface area contributed by atoms with E-state index in [0.717, 1.165) is 10.8 Å². The summed E-state index contributed by atoms with van der Waals surface area (Å²) in [6.07, 6.45) is 0. The Morgan fingerprint density at radius 3 is 2.21 bits per heavy atom. The SMILES string of the molecule is O=C(N/N=C(/c1ccccc1)c1ccc(O)cc1O)c1ccc2ccccc2c1. The van der Waals surface area contributed by atoms with Gasteiger partial charge in [-0.25, -0.2) is 5.43 Å². The molecule has 0 fully saturated rings. The lowest BCUT2D eigenvalue weighted by Crippen LogP contribution is -2.20. The van der Waals surface area contributed by atoms with Crippen molar-refractivity contribution >= 4 is 22.4 Å². The number of hydrogen-bond donors (Lipinski definition) is 3. The molecule has 4 aromatic rings. The number of carbonyl (C=O) groups excluding carboxylic acids is 1. The van der Waals surface area contributed by atoms with Crippen LogP contribution in [0.2, 0.25) is 0 Å². The second kappa shape index (κ2) is 7.86. The molecule has 0 aliphatic heterocycles. The van der Waals surface area contributed by atoms with Crippen molar-refractivity contribution in [1.29, 1.82) is 0 Å². The number of carbonyl (C=O) groups is 1. The number of phenols is 2. The molecule has 1 amide bonds. The van der Waals surface area contributed by atoms with Gasteiger partial charge in [0.05, 0.1) is 0 Å². The van der Waals surface area contributed by atoms with E-state index in [-0.39, 0.29) is 17.4 Å². The molecule has 0 atom stereocenters. The summed E-state index contributed by atoms with van der Waals surface area (Å²) in [4.78, 5) is 12.7. The van der Waals surface area contributed by atoms with E-state index in [1.54, 1.807) is 18.2 Å². The molecule has 0 bridgehead atoms. The molecule has 0 heterocycles. The van der Waals surface area contributed by atoms with E-state index < -0.39 is 0 Å². The number of aromatic hydroxyl groups is 2. The van der Waals surface area contributed by atoms with Gasteiger partial charge in [-0.15, -0.1) is 0 Å². The molecular formula is C24H18N2O3. The van der Waals surface area contributed by atoms with Crippen LogP contribution in [0.1, 0.15) is 21.5 Å².